The van der Waals surface area contributed by atoms with Crippen LogP contribution in [0.1, 0.15) is 45.1 Å². The van der Waals surface area contributed by atoms with Crippen LogP contribution in [0, 0.1) is 0 Å². The second-order valence-electron chi connectivity index (χ2n) is 6.20. The molecule has 1 aromatic rings. The molecule has 0 spiro atoms. The first-order chi connectivity index (χ1) is 9.87. The highest BCUT2D eigenvalue weighted by Gasteiger charge is 2.34. The molecule has 5 nitrogen and oxygen atoms in total. The number of hydrogen-bond donors (Lipinski definition) is 2. The fourth-order valence-electron chi connectivity index (χ4n) is 2.18. The summed E-state index contributed by atoms with van der Waals surface area (Å²) in [5.74, 6) is -0.838. The summed E-state index contributed by atoms with van der Waals surface area (Å²) in [6.07, 6.45) is 2.58. The molecule has 0 atom stereocenters. The zero-order chi connectivity index (χ0) is 15.5. The monoisotopic (exact) mass is 310 g/mol. The molecule has 0 aromatic carbocycles. The first-order valence-electron chi connectivity index (χ1n) is 7.19. The van der Waals surface area contributed by atoms with E-state index in [0.29, 0.717) is 19.0 Å². The van der Waals surface area contributed by atoms with Gasteiger partial charge in [0.15, 0.2) is 0 Å². The molecule has 1 fully saturated rings. The lowest BCUT2D eigenvalue weighted by molar-refractivity contribution is -0.137. The van der Waals surface area contributed by atoms with Crippen molar-refractivity contribution >= 4 is 23.3 Å². The highest BCUT2D eigenvalue weighted by molar-refractivity contribution is 7.07. The van der Waals surface area contributed by atoms with E-state index in [4.69, 9.17) is 5.11 Å². The number of carboxylic acids is 1. The maximum atomic E-state index is 12.5. The topological polar surface area (TPSA) is 69.6 Å². The van der Waals surface area contributed by atoms with E-state index in [9.17, 15) is 9.59 Å². The summed E-state index contributed by atoms with van der Waals surface area (Å²) in [5.41, 5.74) is 0.627. The predicted molar refractivity (Wildman–Crippen MR) is 82.4 cm³/mol. The maximum Gasteiger partial charge on any atom is 0.318 e. The van der Waals surface area contributed by atoms with E-state index < -0.39 is 11.5 Å². The zero-order valence-corrected chi connectivity index (χ0v) is 13.3. The second kappa shape index (κ2) is 6.47. The zero-order valence-electron chi connectivity index (χ0n) is 12.5. The molecule has 116 valence electrons. The Bertz CT molecular complexity index is 495. The first-order valence-corrected chi connectivity index (χ1v) is 8.13. The van der Waals surface area contributed by atoms with Crippen molar-refractivity contribution in [1.82, 2.24) is 10.2 Å². The van der Waals surface area contributed by atoms with Gasteiger partial charge in [0.1, 0.15) is 0 Å². The van der Waals surface area contributed by atoms with Gasteiger partial charge in [0.05, 0.1) is 0 Å². The Kier molecular flexibility index (Phi) is 4.88. The summed E-state index contributed by atoms with van der Waals surface area (Å²) in [6, 6.07) is 2.25. The first kappa shape index (κ1) is 15.8. The van der Waals surface area contributed by atoms with Gasteiger partial charge in [-0.2, -0.15) is 11.3 Å². The molecule has 2 rings (SSSR count). The number of amides is 2. The summed E-state index contributed by atoms with van der Waals surface area (Å²) in [4.78, 5) is 25.0. The SMILES string of the molecule is CC(C)(CCC(=O)O)NC(=O)N(Cc1ccsc1)C1CC1. The third-order valence-corrected chi connectivity index (χ3v) is 4.32. The maximum absolute atomic E-state index is 12.5. The van der Waals surface area contributed by atoms with E-state index in [1.807, 2.05) is 30.2 Å². The number of urea groups is 1. The second-order valence-corrected chi connectivity index (χ2v) is 6.98. The van der Waals surface area contributed by atoms with Crippen LogP contribution in [-0.2, 0) is 11.3 Å². The standard InChI is InChI=1S/C15H22N2O3S/c1-15(2,7-5-13(18)19)16-14(20)17(12-3-4-12)9-11-6-8-21-10-11/h6,8,10,12H,3-5,7,9H2,1-2H3,(H,16,20)(H,18,19). The summed E-state index contributed by atoms with van der Waals surface area (Å²) < 4.78 is 0. The number of carboxylic acid groups (broad SMARTS) is 1. The molecule has 1 heterocycles. The van der Waals surface area contributed by atoms with Crippen molar-refractivity contribution in [3.63, 3.8) is 0 Å². The summed E-state index contributed by atoms with van der Waals surface area (Å²) in [6.45, 7) is 4.35. The lowest BCUT2D eigenvalue weighted by atomic mass is 9.99. The van der Waals surface area contributed by atoms with Crippen LogP contribution in [0.3, 0.4) is 0 Å². The van der Waals surface area contributed by atoms with Crippen molar-refractivity contribution in [2.24, 2.45) is 0 Å². The number of aliphatic carboxylic acids is 1. The van der Waals surface area contributed by atoms with E-state index in [1.165, 1.54) is 0 Å². The molecule has 0 bridgehead atoms. The lowest BCUT2D eigenvalue weighted by Gasteiger charge is -2.31. The lowest BCUT2D eigenvalue weighted by Crippen LogP contribution is -2.50. The number of rotatable bonds is 7. The van der Waals surface area contributed by atoms with Crippen molar-refractivity contribution in [1.29, 1.82) is 0 Å². The number of carbonyl (C=O) groups is 2. The van der Waals surface area contributed by atoms with Crippen molar-refractivity contribution < 1.29 is 14.7 Å². The predicted octanol–water partition coefficient (Wildman–Crippen LogP) is 3.07. The van der Waals surface area contributed by atoms with Crippen molar-refractivity contribution in [2.75, 3.05) is 0 Å². The summed E-state index contributed by atoms with van der Waals surface area (Å²) in [5, 5.41) is 15.8. The normalized spacial score (nSPS) is 14.8. The molecular formula is C15H22N2O3S. The molecule has 0 aliphatic heterocycles. The molecule has 1 aliphatic rings. The van der Waals surface area contributed by atoms with Crippen LogP contribution in [0.15, 0.2) is 16.8 Å². The Labute approximate surface area is 129 Å². The minimum absolute atomic E-state index is 0.0568. The molecule has 6 heteroatoms. The molecule has 0 unspecified atom stereocenters. The smallest absolute Gasteiger partial charge is 0.318 e. The number of thiophene rings is 1. The average molecular weight is 310 g/mol. The van der Waals surface area contributed by atoms with Crippen LogP contribution in [0.4, 0.5) is 4.79 Å². The third kappa shape index (κ3) is 5.04. The summed E-state index contributed by atoms with van der Waals surface area (Å²) in [7, 11) is 0. The van der Waals surface area contributed by atoms with Crippen LogP contribution in [0.25, 0.3) is 0 Å². The van der Waals surface area contributed by atoms with Gasteiger partial charge < -0.3 is 15.3 Å². The van der Waals surface area contributed by atoms with Crippen molar-refractivity contribution in [3.8, 4) is 0 Å². The molecule has 0 radical (unpaired) electrons. The van der Waals surface area contributed by atoms with Crippen LogP contribution >= 0.6 is 11.3 Å². The number of nitrogens with one attached hydrogen (secondary N) is 1. The van der Waals surface area contributed by atoms with Crippen molar-refractivity contribution in [2.45, 2.75) is 57.7 Å². The number of nitrogens with zero attached hydrogens (tertiary/aromatic N) is 1. The molecular weight excluding hydrogens is 288 g/mol. The van der Waals surface area contributed by atoms with Gasteiger partial charge in [-0.1, -0.05) is 0 Å². The molecule has 2 N–H and O–H groups in total. The molecule has 1 aromatic heterocycles. The Balaban J connectivity index is 1.93. The van der Waals surface area contributed by atoms with E-state index in [1.54, 1.807) is 11.3 Å². The van der Waals surface area contributed by atoms with Gasteiger partial charge in [0.25, 0.3) is 0 Å². The number of carbonyl (C=O) groups excluding carboxylic acids is 1. The van der Waals surface area contributed by atoms with Gasteiger partial charge in [-0.05, 0) is 55.5 Å². The fourth-order valence-corrected chi connectivity index (χ4v) is 2.84. The Morgan fingerprint density at radius 1 is 1.48 bits per heavy atom. The van der Waals surface area contributed by atoms with Crippen LogP contribution in [0.2, 0.25) is 0 Å². The molecule has 1 aliphatic carbocycles. The van der Waals surface area contributed by atoms with E-state index in [0.717, 1.165) is 18.4 Å². The average Bonchev–Trinajstić information content (AvgIpc) is 3.10. The van der Waals surface area contributed by atoms with Crippen LogP contribution in [0.5, 0.6) is 0 Å². The van der Waals surface area contributed by atoms with Gasteiger partial charge in [-0.3, -0.25) is 4.79 Å². The fraction of sp³-hybridized carbons (Fsp3) is 0.600. The Morgan fingerprint density at radius 3 is 2.71 bits per heavy atom. The Hall–Kier alpha value is -1.56. The van der Waals surface area contributed by atoms with E-state index in [2.05, 4.69) is 10.7 Å². The van der Waals surface area contributed by atoms with E-state index >= 15 is 0 Å². The molecule has 21 heavy (non-hydrogen) atoms. The van der Waals surface area contributed by atoms with Gasteiger partial charge in [-0.25, -0.2) is 4.79 Å². The molecule has 2 amide bonds. The van der Waals surface area contributed by atoms with Gasteiger partial charge in [-0.15, -0.1) is 0 Å². The molecule has 0 saturated heterocycles. The van der Waals surface area contributed by atoms with Crippen LogP contribution < -0.4 is 5.32 Å². The van der Waals surface area contributed by atoms with Gasteiger partial charge in [0.2, 0.25) is 0 Å². The summed E-state index contributed by atoms with van der Waals surface area (Å²) >= 11 is 1.63. The van der Waals surface area contributed by atoms with Crippen molar-refractivity contribution in [3.05, 3.63) is 22.4 Å². The highest BCUT2D eigenvalue weighted by atomic mass is 32.1. The minimum Gasteiger partial charge on any atom is -0.481 e. The minimum atomic E-state index is -0.838. The quantitative estimate of drug-likeness (QED) is 0.813. The largest absolute Gasteiger partial charge is 0.481 e. The van der Waals surface area contributed by atoms with Gasteiger partial charge in [0, 0.05) is 24.5 Å². The Morgan fingerprint density at radius 2 is 2.19 bits per heavy atom. The molecule has 1 saturated carbocycles. The highest BCUT2D eigenvalue weighted by Crippen LogP contribution is 2.29. The van der Waals surface area contributed by atoms with Gasteiger partial charge >= 0.3 is 12.0 Å². The number of hydrogen-bond acceptors (Lipinski definition) is 3. The van der Waals surface area contributed by atoms with E-state index in [-0.39, 0.29) is 12.5 Å². The van der Waals surface area contributed by atoms with Crippen LogP contribution in [-0.4, -0.2) is 33.6 Å². The third-order valence-electron chi connectivity index (χ3n) is 3.59.